The van der Waals surface area contributed by atoms with Crippen LogP contribution in [0.15, 0.2) is 90.0 Å². The van der Waals surface area contributed by atoms with Crippen LogP contribution in [0.2, 0.25) is 0 Å². The quantitative estimate of drug-likeness (QED) is 0.286. The fourth-order valence-electron chi connectivity index (χ4n) is 3.96. The molecular formula is C28H24FN5O4S. The van der Waals surface area contributed by atoms with Gasteiger partial charge in [-0.05, 0) is 54.1 Å². The molecule has 5 aromatic rings. The van der Waals surface area contributed by atoms with Gasteiger partial charge in [-0.15, -0.1) is 0 Å². The van der Waals surface area contributed by atoms with E-state index >= 15 is 0 Å². The van der Waals surface area contributed by atoms with E-state index in [1.807, 2.05) is 24.3 Å². The molecule has 1 amide bonds. The van der Waals surface area contributed by atoms with Crippen LogP contribution in [-0.2, 0) is 21.1 Å². The van der Waals surface area contributed by atoms with Gasteiger partial charge < -0.3 is 15.4 Å². The van der Waals surface area contributed by atoms with E-state index in [1.165, 1.54) is 31.4 Å². The van der Waals surface area contributed by atoms with Crippen molar-refractivity contribution in [2.24, 2.45) is 0 Å². The van der Waals surface area contributed by atoms with E-state index in [9.17, 15) is 17.6 Å². The van der Waals surface area contributed by atoms with E-state index < -0.39 is 9.84 Å². The first-order valence-electron chi connectivity index (χ1n) is 11.8. The normalized spacial score (nSPS) is 11.4. The van der Waals surface area contributed by atoms with Gasteiger partial charge in [-0.2, -0.15) is 5.10 Å². The van der Waals surface area contributed by atoms with Crippen LogP contribution in [0, 0.1) is 5.82 Å². The molecule has 0 aliphatic heterocycles. The van der Waals surface area contributed by atoms with Crippen molar-refractivity contribution >= 4 is 38.6 Å². The molecule has 39 heavy (non-hydrogen) atoms. The summed E-state index contributed by atoms with van der Waals surface area (Å²) < 4.78 is 43.8. The second-order valence-corrected chi connectivity index (χ2v) is 10.9. The summed E-state index contributed by atoms with van der Waals surface area (Å²) in [6.45, 7) is 0. The number of fused-ring (bicyclic) bond motifs is 1. The number of amides is 1. The monoisotopic (exact) mass is 545 g/mol. The number of sulfone groups is 1. The highest BCUT2D eigenvalue weighted by Gasteiger charge is 2.13. The van der Waals surface area contributed by atoms with Crippen molar-refractivity contribution < 1.29 is 22.3 Å². The van der Waals surface area contributed by atoms with E-state index in [0.29, 0.717) is 34.3 Å². The summed E-state index contributed by atoms with van der Waals surface area (Å²) in [7, 11) is -1.90. The van der Waals surface area contributed by atoms with Gasteiger partial charge in [0.15, 0.2) is 21.3 Å². The molecular weight excluding hydrogens is 521 g/mol. The van der Waals surface area contributed by atoms with Gasteiger partial charge in [-0.1, -0.05) is 24.3 Å². The number of carbonyl (C=O) groups excluding carboxylic acids is 1. The third-order valence-electron chi connectivity index (χ3n) is 5.93. The van der Waals surface area contributed by atoms with Gasteiger partial charge in [0, 0.05) is 23.6 Å². The van der Waals surface area contributed by atoms with Crippen LogP contribution in [0.3, 0.4) is 0 Å². The van der Waals surface area contributed by atoms with Crippen molar-refractivity contribution in [1.82, 2.24) is 14.6 Å². The molecule has 11 heteroatoms. The number of hydrogen-bond acceptors (Lipinski definition) is 7. The second-order valence-electron chi connectivity index (χ2n) is 8.84. The molecule has 0 atom stereocenters. The number of hydrogen-bond donors (Lipinski definition) is 2. The summed E-state index contributed by atoms with van der Waals surface area (Å²) in [5.74, 6) is 0.332. The number of imidazole rings is 1. The Balaban J connectivity index is 1.29. The maximum absolute atomic E-state index is 13.1. The van der Waals surface area contributed by atoms with Crippen LogP contribution >= 0.6 is 0 Å². The molecule has 198 valence electrons. The highest BCUT2D eigenvalue weighted by molar-refractivity contribution is 7.90. The van der Waals surface area contributed by atoms with E-state index in [1.54, 1.807) is 41.0 Å². The van der Waals surface area contributed by atoms with Crippen LogP contribution < -0.4 is 15.4 Å². The fourth-order valence-corrected chi connectivity index (χ4v) is 4.59. The van der Waals surface area contributed by atoms with Crippen molar-refractivity contribution in [2.75, 3.05) is 24.0 Å². The van der Waals surface area contributed by atoms with E-state index in [-0.39, 0.29) is 23.0 Å². The summed E-state index contributed by atoms with van der Waals surface area (Å²) in [5.41, 5.74) is 4.07. The van der Waals surface area contributed by atoms with Crippen LogP contribution in [0.1, 0.15) is 5.56 Å². The smallest absolute Gasteiger partial charge is 0.228 e. The number of rotatable bonds is 8. The Kier molecular flexibility index (Phi) is 6.99. The largest absolute Gasteiger partial charge is 0.495 e. The molecule has 0 unspecified atom stereocenters. The number of carbonyl (C=O) groups is 1. The third-order valence-corrected chi connectivity index (χ3v) is 7.04. The van der Waals surface area contributed by atoms with Gasteiger partial charge in [0.1, 0.15) is 11.6 Å². The summed E-state index contributed by atoms with van der Waals surface area (Å²) in [4.78, 5) is 17.0. The zero-order valence-electron chi connectivity index (χ0n) is 21.1. The topological polar surface area (TPSA) is 115 Å². The minimum Gasteiger partial charge on any atom is -0.495 e. The molecule has 0 bridgehead atoms. The zero-order chi connectivity index (χ0) is 27.6. The molecule has 0 radical (unpaired) electrons. The molecule has 2 aromatic heterocycles. The van der Waals surface area contributed by atoms with Crippen molar-refractivity contribution in [1.29, 1.82) is 0 Å². The van der Waals surface area contributed by atoms with Gasteiger partial charge in [0.05, 0.1) is 36.0 Å². The fraction of sp³-hybridized carbons (Fsp3) is 0.107. The Bertz CT molecular complexity index is 1770. The van der Waals surface area contributed by atoms with Crippen LogP contribution in [-0.4, -0.2) is 42.3 Å². The minimum absolute atomic E-state index is 0.144. The van der Waals surface area contributed by atoms with Gasteiger partial charge >= 0.3 is 0 Å². The highest BCUT2D eigenvalue weighted by atomic mass is 32.2. The average Bonchev–Trinajstić information content (AvgIpc) is 3.31. The van der Waals surface area contributed by atoms with Crippen LogP contribution in [0.4, 0.5) is 21.6 Å². The van der Waals surface area contributed by atoms with Crippen LogP contribution in [0.5, 0.6) is 5.75 Å². The first-order valence-corrected chi connectivity index (χ1v) is 13.7. The Morgan fingerprint density at radius 1 is 1.00 bits per heavy atom. The standard InChI is InChI=1S/C28H24FN5O4S/c1-38-25-16-22(39(2,36)37)11-12-24(25)31-26-17-34-27(32-26)14-13-23(33-34)19-5-9-21(10-6-19)30-28(35)15-18-3-7-20(29)8-4-18/h3-14,16-17,31H,15H2,1-2H3,(H,30,35). The first kappa shape index (κ1) is 25.9. The van der Waals surface area contributed by atoms with E-state index in [4.69, 9.17) is 4.74 Å². The third kappa shape index (κ3) is 6.04. The molecule has 5 rings (SSSR count). The van der Waals surface area contributed by atoms with Gasteiger partial charge in [-0.25, -0.2) is 22.3 Å². The van der Waals surface area contributed by atoms with Gasteiger partial charge in [0.25, 0.3) is 0 Å². The van der Waals surface area contributed by atoms with E-state index in [2.05, 4.69) is 20.7 Å². The summed E-state index contributed by atoms with van der Waals surface area (Å²) in [6.07, 6.45) is 3.00. The molecule has 0 aliphatic rings. The average molecular weight is 546 g/mol. The summed E-state index contributed by atoms with van der Waals surface area (Å²) in [6, 6.07) is 21.4. The van der Waals surface area contributed by atoms with Crippen LogP contribution in [0.25, 0.3) is 16.9 Å². The maximum atomic E-state index is 13.1. The maximum Gasteiger partial charge on any atom is 0.228 e. The lowest BCUT2D eigenvalue weighted by Crippen LogP contribution is -2.14. The minimum atomic E-state index is -3.37. The molecule has 0 saturated heterocycles. The molecule has 0 fully saturated rings. The lowest BCUT2D eigenvalue weighted by atomic mass is 10.1. The van der Waals surface area contributed by atoms with Crippen molar-refractivity contribution in [2.45, 2.75) is 11.3 Å². The predicted molar refractivity (Wildman–Crippen MR) is 147 cm³/mol. The number of aromatic nitrogens is 3. The van der Waals surface area contributed by atoms with Crippen molar-refractivity contribution in [3.8, 4) is 17.0 Å². The molecule has 3 aromatic carbocycles. The lowest BCUT2D eigenvalue weighted by molar-refractivity contribution is -0.115. The number of halogens is 1. The van der Waals surface area contributed by atoms with Gasteiger partial charge in [-0.3, -0.25) is 4.79 Å². The van der Waals surface area contributed by atoms with Gasteiger partial charge in [0.2, 0.25) is 5.91 Å². The first-order chi connectivity index (χ1) is 18.7. The molecule has 0 saturated carbocycles. The Morgan fingerprint density at radius 2 is 1.74 bits per heavy atom. The SMILES string of the molecule is COc1cc(S(C)(=O)=O)ccc1Nc1cn2nc(-c3ccc(NC(=O)Cc4ccc(F)cc4)cc3)ccc2n1. The molecule has 0 aliphatic carbocycles. The highest BCUT2D eigenvalue weighted by Crippen LogP contribution is 2.30. The van der Waals surface area contributed by atoms with Crippen molar-refractivity contribution in [3.63, 3.8) is 0 Å². The number of ether oxygens (including phenoxy) is 1. The number of nitrogens with one attached hydrogen (secondary N) is 2. The Hall–Kier alpha value is -4.77. The predicted octanol–water partition coefficient (Wildman–Crippen LogP) is 4.87. The molecule has 0 spiro atoms. The Labute approximate surface area is 224 Å². The van der Waals surface area contributed by atoms with E-state index in [0.717, 1.165) is 17.4 Å². The molecule has 2 heterocycles. The summed E-state index contributed by atoms with van der Waals surface area (Å²) >= 11 is 0. The number of benzene rings is 3. The number of methoxy groups -OCH3 is 1. The second kappa shape index (κ2) is 10.5. The summed E-state index contributed by atoms with van der Waals surface area (Å²) in [5, 5.41) is 10.6. The van der Waals surface area contributed by atoms with Crippen molar-refractivity contribution in [3.05, 3.63) is 96.4 Å². The number of nitrogens with zero attached hydrogens (tertiary/aromatic N) is 3. The molecule has 9 nitrogen and oxygen atoms in total. The number of anilines is 3. The zero-order valence-corrected chi connectivity index (χ0v) is 21.9. The Morgan fingerprint density at radius 3 is 2.44 bits per heavy atom. The lowest BCUT2D eigenvalue weighted by Gasteiger charge is -2.10. The molecule has 2 N–H and O–H groups in total.